The SMILES string of the molecule is CC(CCn1cccn1)OC(=O)c1cscn1. The zero-order valence-electron chi connectivity index (χ0n) is 9.44. The van der Waals surface area contributed by atoms with Crippen molar-refractivity contribution in [3.63, 3.8) is 0 Å². The number of aromatic nitrogens is 3. The van der Waals surface area contributed by atoms with E-state index in [1.807, 2.05) is 23.9 Å². The van der Waals surface area contributed by atoms with Gasteiger partial charge in [0, 0.05) is 30.7 Å². The molecule has 2 rings (SSSR count). The molecule has 0 aromatic carbocycles. The Morgan fingerprint density at radius 3 is 3.18 bits per heavy atom. The van der Waals surface area contributed by atoms with Crippen LogP contribution < -0.4 is 0 Å². The first kappa shape index (κ1) is 11.8. The Morgan fingerprint density at radius 2 is 2.53 bits per heavy atom. The molecular formula is C11H13N3O2S. The van der Waals surface area contributed by atoms with Crippen LogP contribution >= 0.6 is 11.3 Å². The molecule has 6 heteroatoms. The summed E-state index contributed by atoms with van der Waals surface area (Å²) in [6.45, 7) is 2.60. The highest BCUT2D eigenvalue weighted by atomic mass is 32.1. The second kappa shape index (κ2) is 5.58. The van der Waals surface area contributed by atoms with Gasteiger partial charge in [0.15, 0.2) is 5.69 Å². The van der Waals surface area contributed by atoms with Crippen LogP contribution in [-0.2, 0) is 11.3 Å². The molecular weight excluding hydrogens is 238 g/mol. The van der Waals surface area contributed by atoms with Gasteiger partial charge in [0.05, 0.1) is 5.51 Å². The van der Waals surface area contributed by atoms with Gasteiger partial charge in [0.2, 0.25) is 0 Å². The fraction of sp³-hybridized carbons (Fsp3) is 0.364. The molecule has 0 aliphatic heterocycles. The Morgan fingerprint density at radius 1 is 1.65 bits per heavy atom. The molecule has 0 aliphatic carbocycles. The molecule has 2 heterocycles. The van der Waals surface area contributed by atoms with E-state index in [4.69, 9.17) is 4.74 Å². The van der Waals surface area contributed by atoms with Crippen molar-refractivity contribution in [3.05, 3.63) is 35.0 Å². The minimum atomic E-state index is -0.362. The molecule has 0 bridgehead atoms. The van der Waals surface area contributed by atoms with Gasteiger partial charge in [0.25, 0.3) is 0 Å². The van der Waals surface area contributed by atoms with Crippen LogP contribution in [-0.4, -0.2) is 26.8 Å². The topological polar surface area (TPSA) is 57.0 Å². The van der Waals surface area contributed by atoms with Gasteiger partial charge in [-0.05, 0) is 13.0 Å². The quantitative estimate of drug-likeness (QED) is 0.762. The van der Waals surface area contributed by atoms with Crippen molar-refractivity contribution in [1.29, 1.82) is 0 Å². The highest BCUT2D eigenvalue weighted by Gasteiger charge is 2.13. The Bertz CT molecular complexity index is 453. The maximum absolute atomic E-state index is 11.6. The number of carbonyl (C=O) groups excluding carboxylic acids is 1. The van der Waals surface area contributed by atoms with Crippen LogP contribution in [0.15, 0.2) is 29.4 Å². The highest BCUT2D eigenvalue weighted by Crippen LogP contribution is 2.07. The molecule has 0 spiro atoms. The normalized spacial score (nSPS) is 12.3. The van der Waals surface area contributed by atoms with E-state index in [1.165, 1.54) is 11.3 Å². The van der Waals surface area contributed by atoms with E-state index >= 15 is 0 Å². The zero-order valence-corrected chi connectivity index (χ0v) is 10.3. The fourth-order valence-corrected chi connectivity index (χ4v) is 1.88. The van der Waals surface area contributed by atoms with Crippen molar-refractivity contribution in [2.75, 3.05) is 0 Å². The lowest BCUT2D eigenvalue weighted by Crippen LogP contribution is -2.17. The van der Waals surface area contributed by atoms with Gasteiger partial charge in [-0.15, -0.1) is 11.3 Å². The summed E-state index contributed by atoms with van der Waals surface area (Å²) >= 11 is 1.38. The highest BCUT2D eigenvalue weighted by molar-refractivity contribution is 7.07. The van der Waals surface area contributed by atoms with Crippen molar-refractivity contribution in [3.8, 4) is 0 Å². The first-order chi connectivity index (χ1) is 8.25. The third kappa shape index (κ3) is 3.39. The number of aryl methyl sites for hydroxylation is 1. The summed E-state index contributed by atoms with van der Waals surface area (Å²) in [5.41, 5.74) is 1.99. The number of hydrogen-bond acceptors (Lipinski definition) is 5. The molecule has 0 saturated heterocycles. The van der Waals surface area contributed by atoms with Crippen LogP contribution in [0.3, 0.4) is 0 Å². The molecule has 0 saturated carbocycles. The first-order valence-electron chi connectivity index (χ1n) is 5.32. The van der Waals surface area contributed by atoms with Gasteiger partial charge < -0.3 is 4.74 Å². The van der Waals surface area contributed by atoms with Gasteiger partial charge in [0.1, 0.15) is 6.10 Å². The second-order valence-corrected chi connectivity index (χ2v) is 4.37. The van der Waals surface area contributed by atoms with Gasteiger partial charge in [-0.3, -0.25) is 4.68 Å². The standard InChI is InChI=1S/C11H13N3O2S/c1-9(3-6-14-5-2-4-13-14)16-11(15)10-7-17-8-12-10/h2,4-5,7-9H,3,6H2,1H3. The van der Waals surface area contributed by atoms with Crippen molar-refractivity contribution in [1.82, 2.24) is 14.8 Å². The van der Waals surface area contributed by atoms with E-state index in [2.05, 4.69) is 10.1 Å². The summed E-state index contributed by atoms with van der Waals surface area (Å²) in [6.07, 6.45) is 4.20. The molecule has 17 heavy (non-hydrogen) atoms. The maximum atomic E-state index is 11.6. The molecule has 0 radical (unpaired) electrons. The summed E-state index contributed by atoms with van der Waals surface area (Å²) < 4.78 is 7.07. The lowest BCUT2D eigenvalue weighted by molar-refractivity contribution is 0.0308. The minimum absolute atomic E-state index is 0.145. The van der Waals surface area contributed by atoms with E-state index < -0.39 is 0 Å². The number of ether oxygens (including phenoxy) is 1. The molecule has 5 nitrogen and oxygen atoms in total. The lowest BCUT2D eigenvalue weighted by atomic mass is 10.3. The Balaban J connectivity index is 1.77. The fourth-order valence-electron chi connectivity index (χ4n) is 1.36. The zero-order chi connectivity index (χ0) is 12.1. The Kier molecular flexibility index (Phi) is 3.87. The number of nitrogens with zero attached hydrogens (tertiary/aromatic N) is 3. The monoisotopic (exact) mass is 251 g/mol. The largest absolute Gasteiger partial charge is 0.458 e. The summed E-state index contributed by atoms with van der Waals surface area (Å²) in [5, 5.41) is 5.77. The summed E-state index contributed by atoms with van der Waals surface area (Å²) in [6, 6.07) is 1.87. The van der Waals surface area contributed by atoms with Crippen LogP contribution in [0.25, 0.3) is 0 Å². The van der Waals surface area contributed by atoms with Crippen molar-refractivity contribution >= 4 is 17.3 Å². The summed E-state index contributed by atoms with van der Waals surface area (Å²) in [5.74, 6) is -0.362. The van der Waals surface area contributed by atoms with Crippen LogP contribution in [0.4, 0.5) is 0 Å². The Hall–Kier alpha value is -1.69. The van der Waals surface area contributed by atoms with E-state index in [9.17, 15) is 4.79 Å². The smallest absolute Gasteiger partial charge is 0.358 e. The van der Waals surface area contributed by atoms with Crippen molar-refractivity contribution < 1.29 is 9.53 Å². The second-order valence-electron chi connectivity index (χ2n) is 3.65. The number of hydrogen-bond donors (Lipinski definition) is 0. The predicted octanol–water partition coefficient (Wildman–Crippen LogP) is 1.98. The first-order valence-corrected chi connectivity index (χ1v) is 6.26. The number of thiazole rings is 1. The number of rotatable bonds is 5. The summed E-state index contributed by atoms with van der Waals surface area (Å²) in [4.78, 5) is 15.5. The third-order valence-corrected chi connectivity index (χ3v) is 2.86. The third-order valence-electron chi connectivity index (χ3n) is 2.27. The molecule has 0 N–H and O–H groups in total. The maximum Gasteiger partial charge on any atom is 0.358 e. The van der Waals surface area contributed by atoms with Crippen LogP contribution in [0.1, 0.15) is 23.8 Å². The summed E-state index contributed by atoms with van der Waals surface area (Å²) in [7, 11) is 0. The van der Waals surface area contributed by atoms with E-state index in [0.29, 0.717) is 5.69 Å². The van der Waals surface area contributed by atoms with Gasteiger partial charge in [-0.25, -0.2) is 9.78 Å². The average molecular weight is 251 g/mol. The van der Waals surface area contributed by atoms with Crippen LogP contribution in [0.2, 0.25) is 0 Å². The molecule has 0 amide bonds. The molecule has 1 atom stereocenters. The van der Waals surface area contributed by atoms with Gasteiger partial charge in [-0.2, -0.15) is 5.10 Å². The van der Waals surface area contributed by atoms with Crippen molar-refractivity contribution in [2.45, 2.75) is 26.0 Å². The average Bonchev–Trinajstić information content (AvgIpc) is 2.99. The van der Waals surface area contributed by atoms with Gasteiger partial charge >= 0.3 is 5.97 Å². The van der Waals surface area contributed by atoms with Crippen molar-refractivity contribution in [2.24, 2.45) is 0 Å². The lowest BCUT2D eigenvalue weighted by Gasteiger charge is -2.12. The number of carbonyl (C=O) groups is 1. The molecule has 2 aromatic rings. The molecule has 2 aromatic heterocycles. The molecule has 0 aliphatic rings. The molecule has 90 valence electrons. The predicted molar refractivity (Wildman–Crippen MR) is 63.8 cm³/mol. The van der Waals surface area contributed by atoms with Gasteiger partial charge in [-0.1, -0.05) is 0 Å². The molecule has 0 fully saturated rings. The number of esters is 1. The molecule has 1 unspecified atom stereocenters. The van der Waals surface area contributed by atoms with E-state index in [0.717, 1.165) is 13.0 Å². The van der Waals surface area contributed by atoms with Crippen LogP contribution in [0.5, 0.6) is 0 Å². The Labute approximate surface area is 103 Å². The van der Waals surface area contributed by atoms with E-state index in [-0.39, 0.29) is 12.1 Å². The minimum Gasteiger partial charge on any atom is -0.458 e. The van der Waals surface area contributed by atoms with Crippen LogP contribution in [0, 0.1) is 0 Å². The van der Waals surface area contributed by atoms with E-state index in [1.54, 1.807) is 17.1 Å².